The molecule has 1 fully saturated rings. The number of nitrogens with one attached hydrogen (secondary N) is 1. The molecule has 1 unspecified atom stereocenters. The lowest BCUT2D eigenvalue weighted by Gasteiger charge is -2.31. The van der Waals surface area contributed by atoms with Gasteiger partial charge < -0.3 is 5.32 Å². The SMILES string of the molecule is Cc1cccc(CS(=O)(=O)N2CCC(C(=O)NC(C)c3ccc(C)c(C)c3)CC2)c1. The molecule has 1 atom stereocenters. The van der Waals surface area contributed by atoms with Gasteiger partial charge in [-0.1, -0.05) is 48.0 Å². The van der Waals surface area contributed by atoms with Crippen LogP contribution in [0, 0.1) is 26.7 Å². The van der Waals surface area contributed by atoms with Crippen LogP contribution in [0.4, 0.5) is 0 Å². The number of hydrogen-bond donors (Lipinski definition) is 1. The van der Waals surface area contributed by atoms with E-state index in [2.05, 4.69) is 31.3 Å². The van der Waals surface area contributed by atoms with Crippen molar-refractivity contribution in [1.82, 2.24) is 9.62 Å². The fourth-order valence-electron chi connectivity index (χ4n) is 3.95. The standard InChI is InChI=1S/C24H32N2O3S/c1-17-6-5-7-21(14-17)16-30(28,29)26-12-10-22(11-13-26)24(27)25-20(4)23-9-8-18(2)19(3)15-23/h5-9,14-15,20,22H,10-13,16H2,1-4H3,(H,25,27). The van der Waals surface area contributed by atoms with Crippen molar-refractivity contribution < 1.29 is 13.2 Å². The van der Waals surface area contributed by atoms with Gasteiger partial charge in [0.15, 0.2) is 0 Å². The van der Waals surface area contributed by atoms with Crippen molar-refractivity contribution in [2.75, 3.05) is 13.1 Å². The minimum Gasteiger partial charge on any atom is -0.349 e. The number of hydrogen-bond acceptors (Lipinski definition) is 3. The fraction of sp³-hybridized carbons (Fsp3) is 0.458. The number of aryl methyl sites for hydroxylation is 3. The van der Waals surface area contributed by atoms with Crippen LogP contribution in [0.3, 0.4) is 0 Å². The summed E-state index contributed by atoms with van der Waals surface area (Å²) in [4.78, 5) is 12.7. The lowest BCUT2D eigenvalue weighted by atomic mass is 9.96. The van der Waals surface area contributed by atoms with Gasteiger partial charge in [-0.25, -0.2) is 12.7 Å². The quantitative estimate of drug-likeness (QED) is 0.755. The summed E-state index contributed by atoms with van der Waals surface area (Å²) in [6.45, 7) is 8.88. The normalized spacial score (nSPS) is 16.9. The lowest BCUT2D eigenvalue weighted by molar-refractivity contribution is -0.126. The van der Waals surface area contributed by atoms with Crippen LogP contribution in [-0.2, 0) is 20.6 Å². The van der Waals surface area contributed by atoms with Crippen LogP contribution in [0.25, 0.3) is 0 Å². The molecule has 2 aromatic rings. The first-order chi connectivity index (χ1) is 14.2. The number of benzene rings is 2. The van der Waals surface area contributed by atoms with Gasteiger partial charge in [0.05, 0.1) is 11.8 Å². The summed E-state index contributed by atoms with van der Waals surface area (Å²) in [7, 11) is -3.38. The van der Waals surface area contributed by atoms with Gasteiger partial charge in [-0.15, -0.1) is 0 Å². The number of amides is 1. The van der Waals surface area contributed by atoms with E-state index < -0.39 is 10.0 Å². The average Bonchev–Trinajstić information content (AvgIpc) is 2.69. The second kappa shape index (κ2) is 9.31. The highest BCUT2D eigenvalue weighted by molar-refractivity contribution is 7.88. The van der Waals surface area contributed by atoms with E-state index in [-0.39, 0.29) is 23.6 Å². The number of nitrogens with zero attached hydrogens (tertiary/aromatic N) is 1. The van der Waals surface area contributed by atoms with Gasteiger partial charge in [0.2, 0.25) is 15.9 Å². The molecule has 0 aliphatic carbocycles. The zero-order valence-electron chi connectivity index (χ0n) is 18.3. The van der Waals surface area contributed by atoms with E-state index in [1.54, 1.807) is 0 Å². The summed E-state index contributed by atoms with van der Waals surface area (Å²) in [6, 6.07) is 13.8. The predicted octanol–water partition coefficient (Wildman–Crippen LogP) is 4.03. The van der Waals surface area contributed by atoms with Gasteiger partial charge in [-0.2, -0.15) is 0 Å². The highest BCUT2D eigenvalue weighted by Crippen LogP contribution is 2.24. The Morgan fingerprint density at radius 1 is 1.07 bits per heavy atom. The third-order valence-electron chi connectivity index (χ3n) is 6.04. The predicted molar refractivity (Wildman–Crippen MR) is 121 cm³/mol. The molecule has 1 N–H and O–H groups in total. The Labute approximate surface area is 180 Å². The highest BCUT2D eigenvalue weighted by atomic mass is 32.2. The lowest BCUT2D eigenvalue weighted by Crippen LogP contribution is -2.43. The van der Waals surface area contributed by atoms with Gasteiger partial charge in [0.1, 0.15) is 0 Å². The van der Waals surface area contributed by atoms with Gasteiger partial charge in [-0.05, 0) is 62.8 Å². The van der Waals surface area contributed by atoms with Crippen molar-refractivity contribution in [3.63, 3.8) is 0 Å². The van der Waals surface area contributed by atoms with Crippen LogP contribution >= 0.6 is 0 Å². The molecule has 2 aromatic carbocycles. The molecule has 162 valence electrons. The molecule has 0 bridgehead atoms. The van der Waals surface area contributed by atoms with Gasteiger partial charge >= 0.3 is 0 Å². The third kappa shape index (κ3) is 5.49. The van der Waals surface area contributed by atoms with Crippen LogP contribution in [0.15, 0.2) is 42.5 Å². The minimum absolute atomic E-state index is 0.00928. The molecular formula is C24H32N2O3S. The van der Waals surface area contributed by atoms with Crippen molar-refractivity contribution in [2.24, 2.45) is 5.92 Å². The van der Waals surface area contributed by atoms with E-state index in [4.69, 9.17) is 0 Å². The molecule has 6 heteroatoms. The Morgan fingerprint density at radius 3 is 2.40 bits per heavy atom. The zero-order valence-corrected chi connectivity index (χ0v) is 19.1. The summed E-state index contributed by atoms with van der Waals surface area (Å²) < 4.78 is 27.1. The third-order valence-corrected chi connectivity index (χ3v) is 7.89. The van der Waals surface area contributed by atoms with Crippen LogP contribution < -0.4 is 5.32 Å². The van der Waals surface area contributed by atoms with Crippen LogP contribution in [-0.4, -0.2) is 31.7 Å². The van der Waals surface area contributed by atoms with Gasteiger partial charge in [0, 0.05) is 19.0 Å². The second-order valence-corrected chi connectivity index (χ2v) is 10.5. The maximum absolute atomic E-state index is 12.8. The van der Waals surface area contributed by atoms with Crippen molar-refractivity contribution >= 4 is 15.9 Å². The molecule has 5 nitrogen and oxygen atoms in total. The Kier molecular flexibility index (Phi) is 6.98. The smallest absolute Gasteiger partial charge is 0.223 e. The van der Waals surface area contributed by atoms with Crippen molar-refractivity contribution in [3.05, 3.63) is 70.3 Å². The summed E-state index contributed by atoms with van der Waals surface area (Å²) in [5, 5.41) is 3.11. The zero-order chi connectivity index (χ0) is 21.9. The van der Waals surface area contributed by atoms with E-state index >= 15 is 0 Å². The van der Waals surface area contributed by atoms with Crippen molar-refractivity contribution in [2.45, 2.75) is 52.3 Å². The first-order valence-corrected chi connectivity index (χ1v) is 12.2. The van der Waals surface area contributed by atoms with Gasteiger partial charge in [-0.3, -0.25) is 4.79 Å². The van der Waals surface area contributed by atoms with E-state index in [1.807, 2.05) is 44.2 Å². The number of carbonyl (C=O) groups excluding carboxylic acids is 1. The van der Waals surface area contributed by atoms with E-state index in [9.17, 15) is 13.2 Å². The Bertz CT molecular complexity index is 1010. The number of piperidine rings is 1. The summed E-state index contributed by atoms with van der Waals surface area (Å²) >= 11 is 0. The Hall–Kier alpha value is -2.18. The molecule has 0 aromatic heterocycles. The largest absolute Gasteiger partial charge is 0.349 e. The molecule has 3 rings (SSSR count). The number of rotatable bonds is 6. The van der Waals surface area contributed by atoms with Crippen LogP contribution in [0.5, 0.6) is 0 Å². The number of carbonyl (C=O) groups is 1. The minimum atomic E-state index is -3.38. The van der Waals surface area contributed by atoms with Crippen molar-refractivity contribution in [3.8, 4) is 0 Å². The molecular weight excluding hydrogens is 396 g/mol. The first kappa shape index (κ1) is 22.5. The monoisotopic (exact) mass is 428 g/mol. The summed E-state index contributed by atoms with van der Waals surface area (Å²) in [5.74, 6) is -0.129. The van der Waals surface area contributed by atoms with Crippen LogP contribution in [0.1, 0.15) is 53.6 Å². The Balaban J connectivity index is 1.55. The molecule has 0 saturated carbocycles. The van der Waals surface area contributed by atoms with E-state index in [1.165, 1.54) is 15.4 Å². The van der Waals surface area contributed by atoms with E-state index in [0.717, 1.165) is 16.7 Å². The molecule has 1 aliphatic heterocycles. The highest BCUT2D eigenvalue weighted by Gasteiger charge is 2.31. The maximum Gasteiger partial charge on any atom is 0.223 e. The topological polar surface area (TPSA) is 66.5 Å². The second-order valence-electron chi connectivity index (χ2n) is 8.49. The summed E-state index contributed by atoms with van der Waals surface area (Å²) in [6.07, 6.45) is 1.11. The maximum atomic E-state index is 12.8. The molecule has 1 amide bonds. The molecule has 0 spiro atoms. The molecule has 0 radical (unpaired) electrons. The number of sulfonamides is 1. The molecule has 1 heterocycles. The molecule has 1 saturated heterocycles. The molecule has 1 aliphatic rings. The van der Waals surface area contributed by atoms with E-state index in [0.29, 0.717) is 25.9 Å². The van der Waals surface area contributed by atoms with Crippen LogP contribution in [0.2, 0.25) is 0 Å². The molecule has 30 heavy (non-hydrogen) atoms. The Morgan fingerprint density at radius 2 is 1.77 bits per heavy atom. The average molecular weight is 429 g/mol. The van der Waals surface area contributed by atoms with Crippen molar-refractivity contribution in [1.29, 1.82) is 0 Å². The van der Waals surface area contributed by atoms with Gasteiger partial charge in [0.25, 0.3) is 0 Å². The summed E-state index contributed by atoms with van der Waals surface area (Å²) in [5.41, 5.74) is 5.38. The fourth-order valence-corrected chi connectivity index (χ4v) is 5.50. The first-order valence-electron chi connectivity index (χ1n) is 10.6.